The fourth-order valence-corrected chi connectivity index (χ4v) is 2.79. The van der Waals surface area contributed by atoms with Gasteiger partial charge in [0.25, 0.3) is 0 Å². The summed E-state index contributed by atoms with van der Waals surface area (Å²) in [5.74, 6) is 0.0534. The molecule has 1 amide bonds. The Labute approximate surface area is 110 Å². The minimum absolute atomic E-state index is 0.0534. The molecule has 2 atom stereocenters. The van der Waals surface area contributed by atoms with Gasteiger partial charge in [0.1, 0.15) is 6.10 Å². The quantitative estimate of drug-likeness (QED) is 0.783. The first-order valence-electron chi connectivity index (χ1n) is 7.41. The van der Waals surface area contributed by atoms with Crippen molar-refractivity contribution in [1.82, 2.24) is 10.6 Å². The zero-order valence-corrected chi connectivity index (χ0v) is 11.4. The van der Waals surface area contributed by atoms with Gasteiger partial charge in [0, 0.05) is 12.1 Å². The number of amides is 1. The van der Waals surface area contributed by atoms with Gasteiger partial charge in [0.05, 0.1) is 6.61 Å². The maximum Gasteiger partial charge on any atom is 0.249 e. The third-order valence-electron chi connectivity index (χ3n) is 4.03. The normalized spacial score (nSPS) is 27.1. The van der Waals surface area contributed by atoms with Crippen LogP contribution in [0.4, 0.5) is 0 Å². The fourth-order valence-electron chi connectivity index (χ4n) is 2.79. The third kappa shape index (κ3) is 4.25. The zero-order valence-electron chi connectivity index (χ0n) is 11.4. The molecule has 0 aromatic heterocycles. The molecule has 0 aromatic carbocycles. The molecule has 1 aliphatic carbocycles. The van der Waals surface area contributed by atoms with Crippen LogP contribution in [0.3, 0.4) is 0 Å². The van der Waals surface area contributed by atoms with Crippen molar-refractivity contribution >= 4 is 5.91 Å². The highest BCUT2D eigenvalue weighted by molar-refractivity contribution is 5.80. The molecule has 104 valence electrons. The number of rotatable bonds is 5. The fraction of sp³-hybridized carbons (Fsp3) is 0.929. The predicted molar refractivity (Wildman–Crippen MR) is 71.5 cm³/mol. The molecule has 2 fully saturated rings. The molecule has 2 aliphatic rings. The molecule has 0 spiro atoms. The van der Waals surface area contributed by atoms with Gasteiger partial charge in [-0.05, 0) is 39.2 Å². The first-order chi connectivity index (χ1) is 8.75. The summed E-state index contributed by atoms with van der Waals surface area (Å²) in [6.45, 7) is 3.59. The number of hydrogen-bond donors (Lipinski definition) is 2. The summed E-state index contributed by atoms with van der Waals surface area (Å²) >= 11 is 0. The predicted octanol–water partition coefficient (Wildman–Crippen LogP) is 1.59. The number of piperidine rings is 1. The van der Waals surface area contributed by atoms with E-state index in [1.807, 2.05) is 6.92 Å². The summed E-state index contributed by atoms with van der Waals surface area (Å²) < 4.78 is 5.68. The van der Waals surface area contributed by atoms with Gasteiger partial charge in [-0.1, -0.05) is 19.3 Å². The maximum absolute atomic E-state index is 11.9. The second-order valence-electron chi connectivity index (χ2n) is 5.61. The Morgan fingerprint density at radius 3 is 2.67 bits per heavy atom. The lowest BCUT2D eigenvalue weighted by Crippen LogP contribution is -2.43. The largest absolute Gasteiger partial charge is 0.367 e. The van der Waals surface area contributed by atoms with Crippen LogP contribution >= 0.6 is 0 Å². The Bertz CT molecular complexity index is 259. The van der Waals surface area contributed by atoms with Gasteiger partial charge in [-0.25, -0.2) is 0 Å². The van der Waals surface area contributed by atoms with Crippen LogP contribution in [-0.2, 0) is 9.53 Å². The summed E-state index contributed by atoms with van der Waals surface area (Å²) in [6.07, 6.45) is 8.10. The highest BCUT2D eigenvalue weighted by atomic mass is 16.5. The molecule has 18 heavy (non-hydrogen) atoms. The van der Waals surface area contributed by atoms with Gasteiger partial charge in [-0.3, -0.25) is 4.79 Å². The van der Waals surface area contributed by atoms with Crippen LogP contribution in [0.2, 0.25) is 0 Å². The van der Waals surface area contributed by atoms with Crippen LogP contribution in [-0.4, -0.2) is 37.2 Å². The molecular weight excluding hydrogens is 228 g/mol. The average Bonchev–Trinajstić information content (AvgIpc) is 2.90. The van der Waals surface area contributed by atoms with Crippen LogP contribution < -0.4 is 10.6 Å². The minimum Gasteiger partial charge on any atom is -0.367 e. The van der Waals surface area contributed by atoms with Crippen molar-refractivity contribution in [3.05, 3.63) is 0 Å². The van der Waals surface area contributed by atoms with Gasteiger partial charge < -0.3 is 15.4 Å². The van der Waals surface area contributed by atoms with E-state index in [0.717, 1.165) is 25.8 Å². The van der Waals surface area contributed by atoms with E-state index in [0.29, 0.717) is 18.7 Å². The standard InChI is InChI=1S/C14H26N2O2/c1-11(14(17)16-12-6-2-3-7-12)18-10-13-8-4-5-9-15-13/h11-13,15H,2-10H2,1H3,(H,16,17). The highest BCUT2D eigenvalue weighted by Crippen LogP contribution is 2.17. The van der Waals surface area contributed by atoms with E-state index in [1.165, 1.54) is 25.7 Å². The van der Waals surface area contributed by atoms with E-state index in [4.69, 9.17) is 4.74 Å². The molecule has 0 aromatic rings. The first-order valence-corrected chi connectivity index (χ1v) is 7.41. The highest BCUT2D eigenvalue weighted by Gasteiger charge is 2.22. The SMILES string of the molecule is CC(OCC1CCCCN1)C(=O)NC1CCCC1. The van der Waals surface area contributed by atoms with E-state index in [-0.39, 0.29) is 12.0 Å². The first kappa shape index (κ1) is 13.8. The molecule has 4 heteroatoms. The number of carbonyl (C=O) groups is 1. The summed E-state index contributed by atoms with van der Waals surface area (Å²) in [7, 11) is 0. The Morgan fingerprint density at radius 1 is 1.28 bits per heavy atom. The van der Waals surface area contributed by atoms with E-state index in [9.17, 15) is 4.79 Å². The third-order valence-corrected chi connectivity index (χ3v) is 4.03. The van der Waals surface area contributed by atoms with Gasteiger partial charge in [0.15, 0.2) is 0 Å². The number of carbonyl (C=O) groups excluding carboxylic acids is 1. The Balaban J connectivity index is 1.63. The van der Waals surface area contributed by atoms with Gasteiger partial charge in [0.2, 0.25) is 5.91 Å². The van der Waals surface area contributed by atoms with Crippen molar-refractivity contribution in [2.24, 2.45) is 0 Å². The average molecular weight is 254 g/mol. The van der Waals surface area contributed by atoms with Gasteiger partial charge >= 0.3 is 0 Å². The smallest absolute Gasteiger partial charge is 0.249 e. The molecule has 2 rings (SSSR count). The minimum atomic E-state index is -0.325. The molecule has 1 saturated heterocycles. The lowest BCUT2D eigenvalue weighted by atomic mass is 10.1. The monoisotopic (exact) mass is 254 g/mol. The topological polar surface area (TPSA) is 50.4 Å². The summed E-state index contributed by atoms with van der Waals surface area (Å²) in [4.78, 5) is 11.9. The van der Waals surface area contributed by atoms with Crippen LogP contribution in [0.25, 0.3) is 0 Å². The molecule has 0 radical (unpaired) electrons. The molecular formula is C14H26N2O2. The molecule has 1 saturated carbocycles. The van der Waals surface area contributed by atoms with Crippen LogP contribution in [0, 0.1) is 0 Å². The Kier molecular flexibility index (Phi) is 5.45. The molecule has 0 bridgehead atoms. The van der Waals surface area contributed by atoms with E-state index in [2.05, 4.69) is 10.6 Å². The molecule has 1 aliphatic heterocycles. The summed E-state index contributed by atoms with van der Waals surface area (Å²) in [6, 6.07) is 0.817. The lowest BCUT2D eigenvalue weighted by Gasteiger charge is -2.25. The summed E-state index contributed by atoms with van der Waals surface area (Å²) in [5.41, 5.74) is 0. The molecule has 2 N–H and O–H groups in total. The van der Waals surface area contributed by atoms with Crippen molar-refractivity contribution in [3.8, 4) is 0 Å². The number of nitrogens with one attached hydrogen (secondary N) is 2. The second-order valence-corrected chi connectivity index (χ2v) is 5.61. The van der Waals surface area contributed by atoms with Crippen molar-refractivity contribution in [2.45, 2.75) is 70.1 Å². The number of ether oxygens (including phenoxy) is 1. The van der Waals surface area contributed by atoms with E-state index >= 15 is 0 Å². The van der Waals surface area contributed by atoms with Gasteiger partial charge in [-0.2, -0.15) is 0 Å². The Morgan fingerprint density at radius 2 is 2.00 bits per heavy atom. The van der Waals surface area contributed by atoms with Crippen LogP contribution in [0.15, 0.2) is 0 Å². The zero-order chi connectivity index (χ0) is 12.8. The van der Waals surface area contributed by atoms with Crippen LogP contribution in [0.1, 0.15) is 51.9 Å². The molecule has 1 heterocycles. The van der Waals surface area contributed by atoms with Crippen LogP contribution in [0.5, 0.6) is 0 Å². The Hall–Kier alpha value is -0.610. The maximum atomic E-state index is 11.9. The number of hydrogen-bond acceptors (Lipinski definition) is 3. The van der Waals surface area contributed by atoms with Crippen molar-refractivity contribution in [3.63, 3.8) is 0 Å². The lowest BCUT2D eigenvalue weighted by molar-refractivity contribution is -0.133. The van der Waals surface area contributed by atoms with Crippen molar-refractivity contribution in [2.75, 3.05) is 13.2 Å². The van der Waals surface area contributed by atoms with Crippen molar-refractivity contribution < 1.29 is 9.53 Å². The van der Waals surface area contributed by atoms with Gasteiger partial charge in [-0.15, -0.1) is 0 Å². The van der Waals surface area contributed by atoms with E-state index < -0.39 is 0 Å². The van der Waals surface area contributed by atoms with Crippen molar-refractivity contribution in [1.29, 1.82) is 0 Å². The molecule has 2 unspecified atom stereocenters. The second kappa shape index (κ2) is 7.10. The molecule has 4 nitrogen and oxygen atoms in total. The van der Waals surface area contributed by atoms with E-state index in [1.54, 1.807) is 0 Å². The summed E-state index contributed by atoms with van der Waals surface area (Å²) in [5, 5.41) is 6.51.